The Morgan fingerprint density at radius 3 is 2.42 bits per heavy atom. The zero-order valence-electron chi connectivity index (χ0n) is 19.7. The fraction of sp³-hybridized carbons (Fsp3) is 0.667. The number of carbonyl (C=O) groups excluding carboxylic acids is 2. The van der Waals surface area contributed by atoms with Crippen LogP contribution >= 0.6 is 31.9 Å². The first kappa shape index (κ1) is 25.0. The van der Waals surface area contributed by atoms with E-state index >= 15 is 0 Å². The van der Waals surface area contributed by atoms with Gasteiger partial charge in [-0.05, 0) is 64.7 Å². The molecular formula is C24H34Br2O4Si. The van der Waals surface area contributed by atoms with Crippen molar-refractivity contribution in [3.8, 4) is 5.75 Å². The number of esters is 1. The fourth-order valence-corrected chi connectivity index (χ4v) is 8.91. The Morgan fingerprint density at radius 1 is 1.23 bits per heavy atom. The van der Waals surface area contributed by atoms with Gasteiger partial charge in [-0.25, -0.2) is 0 Å². The number of hydrogen-bond donors (Lipinski definition) is 0. The average molecular weight is 574 g/mol. The molecule has 0 aromatic heterocycles. The lowest BCUT2D eigenvalue weighted by Gasteiger charge is -2.55. The summed E-state index contributed by atoms with van der Waals surface area (Å²) < 4.78 is 11.8. The minimum absolute atomic E-state index is 0.0726. The molecule has 0 spiro atoms. The van der Waals surface area contributed by atoms with Crippen LogP contribution in [0.25, 0.3) is 0 Å². The molecule has 0 N–H and O–H groups in total. The minimum Gasteiger partial charge on any atom is -0.496 e. The normalized spacial score (nSPS) is 30.4. The molecule has 1 aromatic carbocycles. The SMILES string of the molecule is COC(=O)[C@@]1(C)CCC[C@]2(C)c3cc(OC)c(Br)c(CC[Si](C)(C)C)c3C(=O)[C@H](Br)[C@@H]12. The molecular weight excluding hydrogens is 540 g/mol. The van der Waals surface area contributed by atoms with Gasteiger partial charge in [-0.3, -0.25) is 9.59 Å². The van der Waals surface area contributed by atoms with E-state index in [1.807, 2.05) is 13.0 Å². The summed E-state index contributed by atoms with van der Waals surface area (Å²) in [6, 6.07) is 3.12. The lowest BCUT2D eigenvalue weighted by Crippen LogP contribution is -2.58. The van der Waals surface area contributed by atoms with E-state index in [2.05, 4.69) is 58.4 Å². The zero-order valence-corrected chi connectivity index (χ0v) is 23.8. The molecule has 0 radical (unpaired) electrons. The van der Waals surface area contributed by atoms with Crippen LogP contribution in [-0.2, 0) is 21.4 Å². The molecule has 3 rings (SSSR count). The van der Waals surface area contributed by atoms with Crippen LogP contribution in [0.5, 0.6) is 5.75 Å². The van der Waals surface area contributed by atoms with Crippen LogP contribution < -0.4 is 4.74 Å². The Balaban J connectivity index is 2.28. The number of alkyl halides is 1. The maximum atomic E-state index is 13.9. The second-order valence-electron chi connectivity index (χ2n) is 10.8. The molecule has 0 amide bonds. The highest BCUT2D eigenvalue weighted by Crippen LogP contribution is 2.60. The van der Waals surface area contributed by atoms with Crippen molar-refractivity contribution in [2.75, 3.05) is 14.2 Å². The number of methoxy groups -OCH3 is 2. The average Bonchev–Trinajstić information content (AvgIpc) is 2.69. The second-order valence-corrected chi connectivity index (χ2v) is 18.2. The number of Topliss-reactive ketones (excluding diaryl/α,β-unsaturated/α-hetero) is 1. The number of hydrogen-bond acceptors (Lipinski definition) is 4. The molecule has 172 valence electrons. The highest BCUT2D eigenvalue weighted by Gasteiger charge is 2.61. The second kappa shape index (κ2) is 8.60. The standard InChI is InChI=1S/C24H34Br2O4Si/c1-23-10-8-11-24(2,22(28)30-4)21(23)19(26)20(27)17-14(9-12-31(5,6)7)18(25)16(29-3)13-15(17)23/h13,19,21H,8-12H2,1-7H3/t19-,21+,23+,24-/m0/s1. The van der Waals surface area contributed by atoms with Gasteiger partial charge in [0.05, 0.1) is 28.9 Å². The molecule has 31 heavy (non-hydrogen) atoms. The van der Waals surface area contributed by atoms with Crippen molar-refractivity contribution < 1.29 is 19.1 Å². The number of ether oxygens (including phenoxy) is 2. The number of halogens is 2. The van der Waals surface area contributed by atoms with E-state index in [0.717, 1.165) is 58.6 Å². The third-order valence-electron chi connectivity index (χ3n) is 7.49. The summed E-state index contributed by atoms with van der Waals surface area (Å²) in [5.41, 5.74) is 1.85. The molecule has 0 unspecified atom stereocenters. The third kappa shape index (κ3) is 4.08. The number of rotatable bonds is 5. The molecule has 1 aromatic rings. The smallest absolute Gasteiger partial charge is 0.311 e. The van der Waals surface area contributed by atoms with Crippen molar-refractivity contribution in [2.24, 2.45) is 11.3 Å². The van der Waals surface area contributed by atoms with Gasteiger partial charge in [-0.1, -0.05) is 55.0 Å². The molecule has 4 nitrogen and oxygen atoms in total. The topological polar surface area (TPSA) is 52.6 Å². The van der Waals surface area contributed by atoms with Gasteiger partial charge in [0.15, 0.2) is 5.78 Å². The molecule has 2 aliphatic rings. The highest BCUT2D eigenvalue weighted by atomic mass is 79.9. The van der Waals surface area contributed by atoms with Crippen molar-refractivity contribution in [3.05, 3.63) is 27.2 Å². The third-order valence-corrected chi connectivity index (χ3v) is 11.1. The van der Waals surface area contributed by atoms with Crippen molar-refractivity contribution >= 4 is 51.7 Å². The van der Waals surface area contributed by atoms with Crippen molar-refractivity contribution in [2.45, 2.75) is 75.5 Å². The van der Waals surface area contributed by atoms with E-state index in [1.54, 1.807) is 7.11 Å². The van der Waals surface area contributed by atoms with E-state index < -0.39 is 18.3 Å². The molecule has 1 fully saturated rings. The molecule has 2 aliphatic carbocycles. The Morgan fingerprint density at radius 2 is 1.87 bits per heavy atom. The summed E-state index contributed by atoms with van der Waals surface area (Å²) in [6.07, 6.45) is 3.40. The van der Waals surface area contributed by atoms with Gasteiger partial charge >= 0.3 is 5.97 Å². The van der Waals surface area contributed by atoms with Crippen LogP contribution in [0.3, 0.4) is 0 Å². The molecule has 4 atom stereocenters. The zero-order chi connectivity index (χ0) is 23.4. The fourth-order valence-electron chi connectivity index (χ4n) is 5.84. The predicted molar refractivity (Wildman–Crippen MR) is 134 cm³/mol. The predicted octanol–water partition coefficient (Wildman–Crippen LogP) is 6.54. The Kier molecular flexibility index (Phi) is 6.93. The number of ketones is 1. The van der Waals surface area contributed by atoms with Gasteiger partial charge in [0.25, 0.3) is 0 Å². The molecule has 0 aliphatic heterocycles. The summed E-state index contributed by atoms with van der Waals surface area (Å²) in [5.74, 6) is 0.419. The van der Waals surface area contributed by atoms with E-state index in [9.17, 15) is 9.59 Å². The Bertz CT molecular complexity index is 910. The lowest BCUT2D eigenvalue weighted by molar-refractivity contribution is -0.160. The number of carbonyl (C=O) groups is 2. The summed E-state index contributed by atoms with van der Waals surface area (Å²) >= 11 is 7.51. The van der Waals surface area contributed by atoms with Crippen LogP contribution in [0.1, 0.15) is 54.6 Å². The minimum atomic E-state index is -1.32. The number of benzene rings is 1. The van der Waals surface area contributed by atoms with Crippen LogP contribution in [-0.4, -0.2) is 38.9 Å². The summed E-state index contributed by atoms with van der Waals surface area (Å²) in [4.78, 5) is 26.4. The molecule has 0 heterocycles. The summed E-state index contributed by atoms with van der Waals surface area (Å²) in [5, 5.41) is 0. The van der Waals surface area contributed by atoms with Crippen molar-refractivity contribution in [1.82, 2.24) is 0 Å². The molecule has 7 heteroatoms. The summed E-state index contributed by atoms with van der Waals surface area (Å²) in [6.45, 7) is 11.2. The Labute approximate surface area is 204 Å². The molecule has 1 saturated carbocycles. The summed E-state index contributed by atoms with van der Waals surface area (Å²) in [7, 11) is 1.80. The van der Waals surface area contributed by atoms with Crippen LogP contribution in [0.4, 0.5) is 0 Å². The van der Waals surface area contributed by atoms with E-state index in [-0.39, 0.29) is 23.1 Å². The van der Waals surface area contributed by atoms with Crippen LogP contribution in [0.15, 0.2) is 10.5 Å². The van der Waals surface area contributed by atoms with Gasteiger partial charge in [0.2, 0.25) is 0 Å². The maximum Gasteiger partial charge on any atom is 0.311 e. The van der Waals surface area contributed by atoms with Crippen LogP contribution in [0, 0.1) is 11.3 Å². The Hall–Kier alpha value is -0.663. The largest absolute Gasteiger partial charge is 0.496 e. The quantitative estimate of drug-likeness (QED) is 0.228. The van der Waals surface area contributed by atoms with Gasteiger partial charge in [0.1, 0.15) is 5.75 Å². The lowest BCUT2D eigenvalue weighted by atomic mass is 9.49. The number of fused-ring (bicyclic) bond motifs is 3. The van der Waals surface area contributed by atoms with Crippen molar-refractivity contribution in [3.63, 3.8) is 0 Å². The first-order valence-corrected chi connectivity index (χ1v) is 16.4. The van der Waals surface area contributed by atoms with Crippen molar-refractivity contribution in [1.29, 1.82) is 0 Å². The van der Waals surface area contributed by atoms with Gasteiger partial charge < -0.3 is 9.47 Å². The van der Waals surface area contributed by atoms with E-state index in [1.165, 1.54) is 7.11 Å². The highest BCUT2D eigenvalue weighted by molar-refractivity contribution is 9.10. The molecule has 0 bridgehead atoms. The monoisotopic (exact) mass is 572 g/mol. The van der Waals surface area contributed by atoms with E-state index in [4.69, 9.17) is 9.47 Å². The van der Waals surface area contributed by atoms with E-state index in [0.29, 0.717) is 0 Å². The molecule has 0 saturated heterocycles. The van der Waals surface area contributed by atoms with Gasteiger partial charge in [-0.2, -0.15) is 0 Å². The first-order valence-electron chi connectivity index (χ1n) is 11.0. The van der Waals surface area contributed by atoms with Gasteiger partial charge in [0, 0.05) is 19.6 Å². The maximum absolute atomic E-state index is 13.9. The first-order chi connectivity index (χ1) is 14.3. The van der Waals surface area contributed by atoms with Crippen LogP contribution in [0.2, 0.25) is 25.7 Å². The van der Waals surface area contributed by atoms with Gasteiger partial charge in [-0.15, -0.1) is 0 Å².